The SMILES string of the molecule is CC(C)(C)c1cc(NC(=O)COC(=O)C2(Cc3nc4ccccc4s3)CCCC2)on1. The normalized spacial score (nSPS) is 15.8. The Morgan fingerprint density at radius 3 is 2.65 bits per heavy atom. The van der Waals surface area contributed by atoms with E-state index in [-0.39, 0.29) is 23.9 Å². The average molecular weight is 442 g/mol. The average Bonchev–Trinajstić information content (AvgIpc) is 3.45. The summed E-state index contributed by atoms with van der Waals surface area (Å²) in [7, 11) is 0. The molecule has 1 N–H and O–H groups in total. The van der Waals surface area contributed by atoms with E-state index in [1.54, 1.807) is 17.4 Å². The smallest absolute Gasteiger partial charge is 0.313 e. The molecular weight excluding hydrogens is 414 g/mol. The summed E-state index contributed by atoms with van der Waals surface area (Å²) >= 11 is 1.61. The fourth-order valence-electron chi connectivity index (χ4n) is 3.94. The number of benzene rings is 1. The van der Waals surface area contributed by atoms with Gasteiger partial charge < -0.3 is 9.26 Å². The second-order valence-corrected chi connectivity index (χ2v) is 10.3. The standard InChI is InChI=1S/C23H27N3O4S/c1-22(2,3)17-12-19(30-26-17)25-18(27)14-29-21(28)23(10-6-7-11-23)13-20-24-15-8-4-5-9-16(15)31-20/h4-5,8-9,12H,6-7,10-11,13-14H2,1-3H3,(H,25,27). The molecule has 8 heteroatoms. The number of para-hydroxylation sites is 1. The number of esters is 1. The summed E-state index contributed by atoms with van der Waals surface area (Å²) in [6, 6.07) is 9.65. The summed E-state index contributed by atoms with van der Waals surface area (Å²) in [5.41, 5.74) is 0.888. The van der Waals surface area contributed by atoms with Crippen molar-refractivity contribution in [3.63, 3.8) is 0 Å². The Labute approximate surface area is 185 Å². The van der Waals surface area contributed by atoms with Crippen molar-refractivity contribution < 1.29 is 18.8 Å². The minimum atomic E-state index is -0.611. The zero-order valence-corrected chi connectivity index (χ0v) is 18.9. The van der Waals surface area contributed by atoms with Crippen LogP contribution in [0.3, 0.4) is 0 Å². The van der Waals surface area contributed by atoms with Crippen LogP contribution in [0, 0.1) is 5.41 Å². The van der Waals surface area contributed by atoms with Gasteiger partial charge in [-0.15, -0.1) is 11.3 Å². The van der Waals surface area contributed by atoms with Crippen LogP contribution in [0.2, 0.25) is 0 Å². The number of amides is 1. The molecule has 1 aliphatic carbocycles. The third-order valence-electron chi connectivity index (χ3n) is 5.70. The van der Waals surface area contributed by atoms with Crippen LogP contribution in [0.25, 0.3) is 10.2 Å². The van der Waals surface area contributed by atoms with Crippen LogP contribution in [-0.4, -0.2) is 28.6 Å². The Morgan fingerprint density at radius 2 is 1.97 bits per heavy atom. The van der Waals surface area contributed by atoms with Crippen molar-refractivity contribution in [3.05, 3.63) is 41.0 Å². The first-order chi connectivity index (χ1) is 14.7. The van der Waals surface area contributed by atoms with E-state index in [1.807, 2.05) is 45.0 Å². The predicted octanol–water partition coefficient (Wildman–Crippen LogP) is 4.87. The molecule has 0 atom stereocenters. The lowest BCUT2D eigenvalue weighted by molar-refractivity contribution is -0.158. The number of carbonyl (C=O) groups is 2. The van der Waals surface area contributed by atoms with E-state index in [0.29, 0.717) is 6.42 Å². The molecule has 3 aromatic rings. The van der Waals surface area contributed by atoms with E-state index in [4.69, 9.17) is 9.26 Å². The lowest BCUT2D eigenvalue weighted by Crippen LogP contribution is -2.34. The first kappa shape index (κ1) is 21.5. The molecule has 0 aliphatic heterocycles. The summed E-state index contributed by atoms with van der Waals surface area (Å²) in [6.07, 6.45) is 3.99. The molecule has 0 radical (unpaired) electrons. The highest BCUT2D eigenvalue weighted by Gasteiger charge is 2.43. The van der Waals surface area contributed by atoms with Gasteiger partial charge in [-0.25, -0.2) is 4.98 Å². The molecule has 0 saturated heterocycles. The van der Waals surface area contributed by atoms with Crippen molar-refractivity contribution >= 4 is 39.3 Å². The van der Waals surface area contributed by atoms with Crippen molar-refractivity contribution in [2.75, 3.05) is 11.9 Å². The van der Waals surface area contributed by atoms with Crippen molar-refractivity contribution in [1.82, 2.24) is 10.1 Å². The quantitative estimate of drug-likeness (QED) is 0.549. The first-order valence-corrected chi connectivity index (χ1v) is 11.4. The monoisotopic (exact) mass is 441 g/mol. The third kappa shape index (κ3) is 4.79. The Balaban J connectivity index is 1.38. The molecular formula is C23H27N3O4S. The molecule has 0 bridgehead atoms. The lowest BCUT2D eigenvalue weighted by Gasteiger charge is -2.25. The number of ether oxygens (including phenoxy) is 1. The zero-order valence-electron chi connectivity index (χ0n) is 18.1. The van der Waals surface area contributed by atoms with E-state index in [9.17, 15) is 9.59 Å². The second kappa shape index (κ2) is 8.42. The second-order valence-electron chi connectivity index (χ2n) is 9.19. The predicted molar refractivity (Wildman–Crippen MR) is 119 cm³/mol. The molecule has 1 aliphatic rings. The highest BCUT2D eigenvalue weighted by atomic mass is 32.1. The number of fused-ring (bicyclic) bond motifs is 1. The maximum Gasteiger partial charge on any atom is 0.313 e. The Bertz CT molecular complexity index is 1060. The van der Waals surface area contributed by atoms with Crippen LogP contribution in [0.4, 0.5) is 5.88 Å². The number of hydrogen-bond donors (Lipinski definition) is 1. The molecule has 2 aromatic heterocycles. The minimum absolute atomic E-state index is 0.186. The Kier molecular flexibility index (Phi) is 5.83. The van der Waals surface area contributed by atoms with Gasteiger partial charge in [0.25, 0.3) is 5.91 Å². The number of rotatable bonds is 6. The van der Waals surface area contributed by atoms with Gasteiger partial charge in [0.2, 0.25) is 5.88 Å². The molecule has 0 unspecified atom stereocenters. The van der Waals surface area contributed by atoms with E-state index >= 15 is 0 Å². The van der Waals surface area contributed by atoms with E-state index in [0.717, 1.165) is 46.6 Å². The zero-order chi connectivity index (χ0) is 22.1. The van der Waals surface area contributed by atoms with Crippen molar-refractivity contribution in [2.24, 2.45) is 5.41 Å². The number of thiazole rings is 1. The number of hydrogen-bond acceptors (Lipinski definition) is 7. The maximum atomic E-state index is 13.0. The third-order valence-corrected chi connectivity index (χ3v) is 6.73. The van der Waals surface area contributed by atoms with Crippen molar-refractivity contribution in [2.45, 2.75) is 58.3 Å². The molecule has 4 rings (SSSR count). The number of aromatic nitrogens is 2. The van der Waals surface area contributed by atoms with Gasteiger partial charge in [-0.2, -0.15) is 0 Å². The maximum absolute atomic E-state index is 13.0. The van der Waals surface area contributed by atoms with Crippen LogP contribution < -0.4 is 5.32 Å². The molecule has 1 fully saturated rings. The Morgan fingerprint density at radius 1 is 1.23 bits per heavy atom. The molecule has 2 heterocycles. The molecule has 31 heavy (non-hydrogen) atoms. The molecule has 7 nitrogen and oxygen atoms in total. The first-order valence-electron chi connectivity index (χ1n) is 10.5. The molecule has 164 valence electrons. The van der Waals surface area contributed by atoms with Gasteiger partial charge in [-0.3, -0.25) is 14.9 Å². The van der Waals surface area contributed by atoms with Gasteiger partial charge in [0.15, 0.2) is 6.61 Å². The minimum Gasteiger partial charge on any atom is -0.455 e. The largest absolute Gasteiger partial charge is 0.455 e. The van der Waals surface area contributed by atoms with E-state index in [2.05, 4.69) is 15.5 Å². The number of nitrogens with one attached hydrogen (secondary N) is 1. The van der Waals surface area contributed by atoms with Crippen LogP contribution in [0.1, 0.15) is 57.2 Å². The van der Waals surface area contributed by atoms with Gasteiger partial charge in [-0.1, -0.05) is 50.9 Å². The van der Waals surface area contributed by atoms with Gasteiger partial charge >= 0.3 is 5.97 Å². The summed E-state index contributed by atoms with van der Waals surface area (Å²) in [5.74, 6) is -0.526. The van der Waals surface area contributed by atoms with Crippen molar-refractivity contribution in [1.29, 1.82) is 0 Å². The van der Waals surface area contributed by atoms with Crippen molar-refractivity contribution in [3.8, 4) is 0 Å². The number of carbonyl (C=O) groups excluding carboxylic acids is 2. The molecule has 1 amide bonds. The van der Waals surface area contributed by atoms with E-state index < -0.39 is 11.3 Å². The topological polar surface area (TPSA) is 94.3 Å². The van der Waals surface area contributed by atoms with Crippen LogP contribution in [0.15, 0.2) is 34.9 Å². The summed E-state index contributed by atoms with van der Waals surface area (Å²) in [4.78, 5) is 30.0. The highest BCUT2D eigenvalue weighted by molar-refractivity contribution is 7.18. The van der Waals surface area contributed by atoms with Crippen LogP contribution in [-0.2, 0) is 26.2 Å². The van der Waals surface area contributed by atoms with Gasteiger partial charge in [-0.05, 0) is 25.0 Å². The van der Waals surface area contributed by atoms with Gasteiger partial charge in [0, 0.05) is 17.9 Å². The summed E-state index contributed by atoms with van der Waals surface area (Å²) < 4.78 is 11.7. The lowest BCUT2D eigenvalue weighted by atomic mass is 9.83. The summed E-state index contributed by atoms with van der Waals surface area (Å²) in [5, 5.41) is 7.51. The van der Waals surface area contributed by atoms with Gasteiger partial charge in [0.1, 0.15) is 0 Å². The van der Waals surface area contributed by atoms with E-state index in [1.165, 1.54) is 0 Å². The number of anilines is 1. The number of nitrogens with zero attached hydrogens (tertiary/aromatic N) is 2. The molecule has 1 aromatic carbocycles. The fraction of sp³-hybridized carbons (Fsp3) is 0.478. The van der Waals surface area contributed by atoms with Crippen LogP contribution in [0.5, 0.6) is 0 Å². The van der Waals surface area contributed by atoms with Gasteiger partial charge in [0.05, 0.1) is 26.3 Å². The molecule has 0 spiro atoms. The van der Waals surface area contributed by atoms with Crippen LogP contribution >= 0.6 is 11.3 Å². The Hall–Kier alpha value is -2.74. The summed E-state index contributed by atoms with van der Waals surface area (Å²) in [6.45, 7) is 5.66. The fourth-order valence-corrected chi connectivity index (χ4v) is 5.05. The highest BCUT2D eigenvalue weighted by Crippen LogP contribution is 2.43. The molecule has 1 saturated carbocycles.